The molecular weight excluding hydrogens is 295 g/mol. The topological polar surface area (TPSA) is 49.4 Å². The predicted molar refractivity (Wildman–Crippen MR) is 64.5 cm³/mol. The average molecular weight is 304 g/mol. The van der Waals surface area contributed by atoms with Crippen molar-refractivity contribution in [1.29, 1.82) is 0 Å². The molecule has 0 radical (unpaired) electrons. The Morgan fingerprint density at radius 1 is 1.25 bits per heavy atom. The van der Waals surface area contributed by atoms with Gasteiger partial charge in [-0.05, 0) is 34.1 Å². The van der Waals surface area contributed by atoms with Gasteiger partial charge in [0.15, 0.2) is 0 Å². The van der Waals surface area contributed by atoms with Crippen molar-refractivity contribution in [3.63, 3.8) is 0 Å². The van der Waals surface area contributed by atoms with Crippen LogP contribution in [0, 0.1) is 0 Å². The first-order valence-electron chi connectivity index (χ1n) is 4.59. The van der Waals surface area contributed by atoms with E-state index in [1.807, 2.05) is 0 Å². The molecule has 16 heavy (non-hydrogen) atoms. The maximum Gasteiger partial charge on any atom is 0.246 e. The highest BCUT2D eigenvalue weighted by atomic mass is 79.9. The van der Waals surface area contributed by atoms with E-state index in [1.54, 1.807) is 23.1 Å². The van der Waals surface area contributed by atoms with E-state index in [9.17, 15) is 9.59 Å². The summed E-state index contributed by atoms with van der Waals surface area (Å²) in [6.45, 7) is 0.345. The minimum atomic E-state index is -0.293. The molecule has 1 heterocycles. The second-order valence-electron chi connectivity index (χ2n) is 3.42. The van der Waals surface area contributed by atoms with E-state index in [1.165, 1.54) is 0 Å². The van der Waals surface area contributed by atoms with Gasteiger partial charge in [-0.15, -0.1) is 0 Å². The van der Waals surface area contributed by atoms with Gasteiger partial charge in [-0.3, -0.25) is 14.9 Å². The molecule has 1 aliphatic heterocycles. The van der Waals surface area contributed by atoms with Crippen LogP contribution in [0.2, 0.25) is 5.02 Å². The molecule has 1 aromatic rings. The summed E-state index contributed by atoms with van der Waals surface area (Å²) in [4.78, 5) is 24.1. The molecule has 1 saturated heterocycles. The summed E-state index contributed by atoms with van der Waals surface area (Å²) in [7, 11) is 0. The molecule has 6 heteroatoms. The van der Waals surface area contributed by atoms with Crippen molar-refractivity contribution in [2.75, 3.05) is 18.0 Å². The molecule has 1 fully saturated rings. The maximum atomic E-state index is 11.2. The quantitative estimate of drug-likeness (QED) is 0.801. The zero-order chi connectivity index (χ0) is 11.7. The van der Waals surface area contributed by atoms with Crippen molar-refractivity contribution in [1.82, 2.24) is 5.32 Å². The minimum absolute atomic E-state index is 0.173. The smallest absolute Gasteiger partial charge is 0.246 e. The van der Waals surface area contributed by atoms with Crippen LogP contribution in [0.15, 0.2) is 22.7 Å². The van der Waals surface area contributed by atoms with Crippen LogP contribution in [0.1, 0.15) is 0 Å². The number of imide groups is 1. The summed E-state index contributed by atoms with van der Waals surface area (Å²) in [6, 6.07) is 5.23. The van der Waals surface area contributed by atoms with Crippen LogP contribution in [0.5, 0.6) is 0 Å². The predicted octanol–water partition coefficient (Wildman–Crippen LogP) is 1.57. The van der Waals surface area contributed by atoms with Crippen molar-refractivity contribution in [2.24, 2.45) is 0 Å². The number of nitrogens with one attached hydrogen (secondary N) is 1. The molecule has 0 bridgehead atoms. The second-order valence-corrected chi connectivity index (χ2v) is 4.71. The third-order valence-electron chi connectivity index (χ3n) is 2.20. The zero-order valence-electron chi connectivity index (χ0n) is 8.17. The number of benzene rings is 1. The summed E-state index contributed by atoms with van der Waals surface area (Å²) in [5.41, 5.74) is 0.785. The van der Waals surface area contributed by atoms with Crippen LogP contribution in [-0.2, 0) is 9.59 Å². The van der Waals surface area contributed by atoms with Gasteiger partial charge in [0, 0.05) is 9.50 Å². The largest absolute Gasteiger partial charge is 0.352 e. The Labute approximate surface area is 106 Å². The number of amides is 2. The lowest BCUT2D eigenvalue weighted by Gasteiger charge is -2.28. The Hall–Kier alpha value is -1.07. The van der Waals surface area contributed by atoms with E-state index in [0.717, 1.165) is 10.2 Å². The van der Waals surface area contributed by atoms with Gasteiger partial charge in [0.25, 0.3) is 0 Å². The van der Waals surface area contributed by atoms with Gasteiger partial charge in [-0.1, -0.05) is 11.6 Å². The number of carbonyl (C=O) groups excluding carboxylic acids is 2. The van der Waals surface area contributed by atoms with Crippen molar-refractivity contribution < 1.29 is 9.59 Å². The number of anilines is 1. The van der Waals surface area contributed by atoms with Gasteiger partial charge in [-0.25, -0.2) is 0 Å². The number of carbonyl (C=O) groups is 2. The molecule has 4 nitrogen and oxygen atoms in total. The lowest BCUT2D eigenvalue weighted by molar-refractivity contribution is -0.130. The monoisotopic (exact) mass is 302 g/mol. The third kappa shape index (κ3) is 2.36. The molecule has 2 amide bonds. The fraction of sp³-hybridized carbons (Fsp3) is 0.200. The standard InChI is InChI=1S/C10H8BrClN2O2/c11-7-3-6(12)1-2-8(7)14-4-9(15)13-10(16)5-14/h1-3H,4-5H2,(H,13,15,16). The molecule has 1 aliphatic rings. The number of piperazine rings is 1. The minimum Gasteiger partial charge on any atom is -0.352 e. The second kappa shape index (κ2) is 4.43. The number of nitrogens with zero attached hydrogens (tertiary/aromatic N) is 1. The van der Waals surface area contributed by atoms with Gasteiger partial charge < -0.3 is 4.90 Å². The molecule has 1 aromatic carbocycles. The molecule has 0 aliphatic carbocycles. The van der Waals surface area contributed by atoms with E-state index in [0.29, 0.717) is 5.02 Å². The summed E-state index contributed by atoms with van der Waals surface area (Å²) < 4.78 is 0.766. The Morgan fingerprint density at radius 3 is 2.44 bits per heavy atom. The molecule has 0 atom stereocenters. The Balaban J connectivity index is 2.29. The number of hydrogen-bond acceptors (Lipinski definition) is 3. The van der Waals surface area contributed by atoms with E-state index in [2.05, 4.69) is 21.2 Å². The molecule has 0 unspecified atom stereocenters. The summed E-state index contributed by atoms with van der Waals surface area (Å²) in [5.74, 6) is -0.587. The molecule has 0 aromatic heterocycles. The van der Waals surface area contributed by atoms with Crippen molar-refractivity contribution in [2.45, 2.75) is 0 Å². The van der Waals surface area contributed by atoms with Crippen LogP contribution >= 0.6 is 27.5 Å². The SMILES string of the molecule is O=C1CN(c2ccc(Cl)cc2Br)CC(=O)N1. The molecule has 2 rings (SSSR count). The zero-order valence-corrected chi connectivity index (χ0v) is 10.5. The number of rotatable bonds is 1. The van der Waals surface area contributed by atoms with Crippen LogP contribution in [0.3, 0.4) is 0 Å². The van der Waals surface area contributed by atoms with Crippen LogP contribution < -0.4 is 10.2 Å². The lowest BCUT2D eigenvalue weighted by Crippen LogP contribution is -2.51. The van der Waals surface area contributed by atoms with Crippen LogP contribution in [0.4, 0.5) is 5.69 Å². The van der Waals surface area contributed by atoms with Gasteiger partial charge >= 0.3 is 0 Å². The third-order valence-corrected chi connectivity index (χ3v) is 3.07. The van der Waals surface area contributed by atoms with E-state index in [-0.39, 0.29) is 24.9 Å². The Bertz CT molecular complexity index is 448. The van der Waals surface area contributed by atoms with E-state index >= 15 is 0 Å². The van der Waals surface area contributed by atoms with E-state index in [4.69, 9.17) is 11.6 Å². The Morgan fingerprint density at radius 2 is 1.88 bits per heavy atom. The molecule has 0 saturated carbocycles. The summed E-state index contributed by atoms with van der Waals surface area (Å²) >= 11 is 9.17. The average Bonchev–Trinajstić information content (AvgIpc) is 2.15. The number of hydrogen-bond donors (Lipinski definition) is 1. The fourth-order valence-electron chi connectivity index (χ4n) is 1.55. The Kier molecular flexibility index (Phi) is 3.16. The molecular formula is C10H8BrClN2O2. The normalized spacial score (nSPS) is 16.2. The van der Waals surface area contributed by atoms with Gasteiger partial charge in [-0.2, -0.15) is 0 Å². The lowest BCUT2D eigenvalue weighted by atomic mass is 10.2. The van der Waals surface area contributed by atoms with Gasteiger partial charge in [0.1, 0.15) is 0 Å². The van der Waals surface area contributed by atoms with Crippen LogP contribution in [-0.4, -0.2) is 24.9 Å². The highest BCUT2D eigenvalue weighted by Gasteiger charge is 2.23. The van der Waals surface area contributed by atoms with Crippen molar-refractivity contribution in [3.8, 4) is 0 Å². The first-order chi connectivity index (χ1) is 7.56. The van der Waals surface area contributed by atoms with Crippen molar-refractivity contribution in [3.05, 3.63) is 27.7 Å². The first-order valence-corrected chi connectivity index (χ1v) is 5.76. The van der Waals surface area contributed by atoms with Crippen molar-refractivity contribution >= 4 is 45.0 Å². The molecule has 1 N–H and O–H groups in total. The first kappa shape index (κ1) is 11.4. The fourth-order valence-corrected chi connectivity index (χ4v) is 2.48. The maximum absolute atomic E-state index is 11.2. The molecule has 0 spiro atoms. The van der Waals surface area contributed by atoms with Gasteiger partial charge in [0.2, 0.25) is 11.8 Å². The summed E-state index contributed by atoms with van der Waals surface area (Å²) in [5, 5.41) is 2.85. The number of halogens is 2. The van der Waals surface area contributed by atoms with Gasteiger partial charge in [0.05, 0.1) is 18.8 Å². The van der Waals surface area contributed by atoms with Crippen LogP contribution in [0.25, 0.3) is 0 Å². The highest BCUT2D eigenvalue weighted by molar-refractivity contribution is 9.10. The summed E-state index contributed by atoms with van der Waals surface area (Å²) in [6.07, 6.45) is 0. The molecule has 84 valence electrons. The highest BCUT2D eigenvalue weighted by Crippen LogP contribution is 2.29. The van der Waals surface area contributed by atoms with E-state index < -0.39 is 0 Å².